The summed E-state index contributed by atoms with van der Waals surface area (Å²) in [5.41, 5.74) is 0. The molecule has 2 saturated carbocycles. The Morgan fingerprint density at radius 2 is 1.32 bits per heavy atom. The Morgan fingerprint density at radius 3 is 1.89 bits per heavy atom. The standard InChI is InChI=1S/C36H69NO/c1-28(2)13-10-14-29(3)20-21-34-23-22-32-17-11-15-30(4)31(5)16-12-18-33(32)24-25-35(34)27-36(38)19-8-9-26-37(6)7/h28-35H,8-27H2,1-7H3. The van der Waals surface area contributed by atoms with E-state index >= 15 is 0 Å². The molecule has 2 heteroatoms. The van der Waals surface area contributed by atoms with Crippen LogP contribution in [0.15, 0.2) is 0 Å². The second-order valence-corrected chi connectivity index (χ2v) is 15.0. The van der Waals surface area contributed by atoms with Gasteiger partial charge in [0, 0.05) is 12.8 Å². The molecule has 7 unspecified atom stereocenters. The van der Waals surface area contributed by atoms with Gasteiger partial charge in [0.15, 0.2) is 0 Å². The average molecular weight is 532 g/mol. The van der Waals surface area contributed by atoms with Crippen molar-refractivity contribution in [1.29, 1.82) is 0 Å². The van der Waals surface area contributed by atoms with Crippen molar-refractivity contribution in [2.24, 2.45) is 47.3 Å². The molecule has 0 aromatic rings. The molecule has 0 aromatic carbocycles. The van der Waals surface area contributed by atoms with Crippen molar-refractivity contribution in [1.82, 2.24) is 4.90 Å². The summed E-state index contributed by atoms with van der Waals surface area (Å²) >= 11 is 0. The molecular formula is C36H69NO. The van der Waals surface area contributed by atoms with Crippen molar-refractivity contribution in [3.8, 4) is 0 Å². The number of unbranched alkanes of at least 4 members (excludes halogenated alkanes) is 1. The van der Waals surface area contributed by atoms with E-state index in [1.165, 1.54) is 96.3 Å². The number of carbonyl (C=O) groups is 1. The van der Waals surface area contributed by atoms with E-state index in [9.17, 15) is 4.79 Å². The first-order valence-corrected chi connectivity index (χ1v) is 17.3. The van der Waals surface area contributed by atoms with Crippen LogP contribution in [-0.2, 0) is 4.79 Å². The summed E-state index contributed by atoms with van der Waals surface area (Å²) in [7, 11) is 4.27. The zero-order valence-corrected chi connectivity index (χ0v) is 27.1. The number of ketones is 1. The lowest BCUT2D eigenvalue weighted by molar-refractivity contribution is -0.120. The summed E-state index contributed by atoms with van der Waals surface area (Å²) in [4.78, 5) is 15.4. The Morgan fingerprint density at radius 1 is 0.711 bits per heavy atom. The summed E-state index contributed by atoms with van der Waals surface area (Å²) in [6.45, 7) is 13.3. The molecule has 2 aliphatic rings. The number of Topliss-reactive ketones (excluding diaryl/α,β-unsaturated/α-hetero) is 1. The monoisotopic (exact) mass is 532 g/mol. The number of nitrogens with zero attached hydrogens (tertiary/aromatic N) is 1. The third kappa shape index (κ3) is 13.8. The van der Waals surface area contributed by atoms with Gasteiger partial charge in [0.1, 0.15) is 5.78 Å². The number of hydrogen-bond acceptors (Lipinski definition) is 2. The van der Waals surface area contributed by atoms with Gasteiger partial charge in [-0.3, -0.25) is 4.79 Å². The maximum absolute atomic E-state index is 13.2. The fraction of sp³-hybridized carbons (Fsp3) is 0.972. The van der Waals surface area contributed by atoms with E-state index in [4.69, 9.17) is 0 Å². The normalized spacial score (nSPS) is 30.4. The van der Waals surface area contributed by atoms with E-state index in [2.05, 4.69) is 53.6 Å². The second kappa shape index (κ2) is 18.9. The Labute approximate surface area is 239 Å². The van der Waals surface area contributed by atoms with Crippen LogP contribution in [-0.4, -0.2) is 31.3 Å². The maximum atomic E-state index is 13.2. The lowest BCUT2D eigenvalue weighted by Crippen LogP contribution is -2.27. The minimum atomic E-state index is 0.564. The Kier molecular flexibility index (Phi) is 16.8. The first kappa shape index (κ1) is 33.8. The fourth-order valence-corrected chi connectivity index (χ4v) is 7.84. The van der Waals surface area contributed by atoms with E-state index in [1.807, 2.05) is 0 Å². The number of fused-ring (bicyclic) bond motifs is 1. The summed E-state index contributed by atoms with van der Waals surface area (Å²) in [5.74, 6) is 7.33. The molecule has 0 amide bonds. The highest BCUT2D eigenvalue weighted by Crippen LogP contribution is 2.43. The molecule has 38 heavy (non-hydrogen) atoms. The molecule has 2 rings (SSSR count). The van der Waals surface area contributed by atoms with Gasteiger partial charge in [-0.1, -0.05) is 98.8 Å². The van der Waals surface area contributed by atoms with Crippen LogP contribution in [0.2, 0.25) is 0 Å². The summed E-state index contributed by atoms with van der Waals surface area (Å²) in [6, 6.07) is 0. The molecule has 2 aliphatic carbocycles. The van der Waals surface area contributed by atoms with Crippen LogP contribution in [0.25, 0.3) is 0 Å². The smallest absolute Gasteiger partial charge is 0.133 e. The average Bonchev–Trinajstić information content (AvgIpc) is 2.85. The highest BCUT2D eigenvalue weighted by Gasteiger charge is 2.32. The van der Waals surface area contributed by atoms with Crippen LogP contribution in [0.4, 0.5) is 0 Å². The molecule has 0 spiro atoms. The zero-order chi connectivity index (χ0) is 27.9. The molecule has 2 nitrogen and oxygen atoms in total. The predicted molar refractivity (Wildman–Crippen MR) is 168 cm³/mol. The second-order valence-electron chi connectivity index (χ2n) is 15.0. The molecule has 0 bridgehead atoms. The van der Waals surface area contributed by atoms with Gasteiger partial charge >= 0.3 is 0 Å². The van der Waals surface area contributed by atoms with Crippen molar-refractivity contribution >= 4 is 5.78 Å². The van der Waals surface area contributed by atoms with E-state index in [0.717, 1.165) is 73.7 Å². The van der Waals surface area contributed by atoms with Crippen LogP contribution in [0, 0.1) is 47.3 Å². The zero-order valence-electron chi connectivity index (χ0n) is 27.1. The SMILES string of the molecule is CC(C)CCCC(C)CCC1CCC2CCCC(C)C(C)CCCC2CCC1CC(=O)CCCCN(C)C. The van der Waals surface area contributed by atoms with E-state index in [1.54, 1.807) is 0 Å². The van der Waals surface area contributed by atoms with Gasteiger partial charge in [-0.05, 0) is 113 Å². The van der Waals surface area contributed by atoms with Crippen LogP contribution in [0.3, 0.4) is 0 Å². The van der Waals surface area contributed by atoms with Gasteiger partial charge in [-0.15, -0.1) is 0 Å². The van der Waals surface area contributed by atoms with Crippen molar-refractivity contribution < 1.29 is 4.79 Å². The third-order valence-corrected chi connectivity index (χ3v) is 10.9. The minimum absolute atomic E-state index is 0.564. The van der Waals surface area contributed by atoms with Crippen molar-refractivity contribution in [2.75, 3.05) is 20.6 Å². The van der Waals surface area contributed by atoms with Gasteiger partial charge in [-0.2, -0.15) is 0 Å². The molecule has 0 N–H and O–H groups in total. The minimum Gasteiger partial charge on any atom is -0.309 e. The quantitative estimate of drug-likeness (QED) is 0.208. The summed E-state index contributed by atoms with van der Waals surface area (Å²) < 4.78 is 0. The summed E-state index contributed by atoms with van der Waals surface area (Å²) in [5, 5.41) is 0. The predicted octanol–water partition coefficient (Wildman–Crippen LogP) is 10.6. The molecule has 0 saturated heterocycles. The number of carbonyl (C=O) groups excluding carboxylic acids is 1. The number of hydrogen-bond donors (Lipinski definition) is 0. The molecule has 224 valence electrons. The van der Waals surface area contributed by atoms with Crippen LogP contribution in [0.5, 0.6) is 0 Å². The van der Waals surface area contributed by atoms with E-state index in [-0.39, 0.29) is 0 Å². The number of rotatable bonds is 14. The van der Waals surface area contributed by atoms with E-state index in [0.29, 0.717) is 11.7 Å². The van der Waals surface area contributed by atoms with Gasteiger partial charge in [0.2, 0.25) is 0 Å². The van der Waals surface area contributed by atoms with Gasteiger partial charge in [-0.25, -0.2) is 0 Å². The highest BCUT2D eigenvalue weighted by molar-refractivity contribution is 5.78. The molecule has 7 atom stereocenters. The Balaban J connectivity index is 2.00. The van der Waals surface area contributed by atoms with Crippen molar-refractivity contribution in [2.45, 2.75) is 157 Å². The highest BCUT2D eigenvalue weighted by atomic mass is 16.1. The molecule has 2 fully saturated rings. The van der Waals surface area contributed by atoms with Gasteiger partial charge < -0.3 is 4.90 Å². The topological polar surface area (TPSA) is 20.3 Å². The molecule has 0 aromatic heterocycles. The molecule has 0 heterocycles. The first-order valence-electron chi connectivity index (χ1n) is 17.3. The molecule has 0 radical (unpaired) electrons. The maximum Gasteiger partial charge on any atom is 0.133 e. The van der Waals surface area contributed by atoms with Crippen LogP contribution in [0.1, 0.15) is 157 Å². The largest absolute Gasteiger partial charge is 0.309 e. The molecular weight excluding hydrogens is 462 g/mol. The van der Waals surface area contributed by atoms with E-state index < -0.39 is 0 Å². The first-order chi connectivity index (χ1) is 18.2. The van der Waals surface area contributed by atoms with Crippen molar-refractivity contribution in [3.05, 3.63) is 0 Å². The summed E-state index contributed by atoms with van der Waals surface area (Å²) in [6.07, 6.45) is 25.0. The van der Waals surface area contributed by atoms with Gasteiger partial charge in [0.05, 0.1) is 0 Å². The van der Waals surface area contributed by atoms with Crippen LogP contribution < -0.4 is 0 Å². The van der Waals surface area contributed by atoms with Crippen molar-refractivity contribution in [3.63, 3.8) is 0 Å². The Bertz CT molecular complexity index is 612. The lowest BCUT2D eigenvalue weighted by atomic mass is 9.68. The van der Waals surface area contributed by atoms with Gasteiger partial charge in [0.25, 0.3) is 0 Å². The third-order valence-electron chi connectivity index (χ3n) is 10.9. The fourth-order valence-electron chi connectivity index (χ4n) is 7.84. The van der Waals surface area contributed by atoms with Crippen LogP contribution >= 0.6 is 0 Å². The lowest BCUT2D eigenvalue weighted by Gasteiger charge is -2.38. The molecule has 0 aliphatic heterocycles. The Hall–Kier alpha value is -0.370.